The zero-order valence-electron chi connectivity index (χ0n) is 21.8. The van der Waals surface area contributed by atoms with Crippen LogP contribution in [0.15, 0.2) is 54.6 Å². The molecule has 1 aromatic heterocycles. The first-order valence-electron chi connectivity index (χ1n) is 13.8. The highest BCUT2D eigenvalue weighted by Gasteiger charge is 2.36. The maximum atomic E-state index is 6.35. The number of hydrogen-bond acceptors (Lipinski definition) is 5. The number of aromatic nitrogens is 2. The summed E-state index contributed by atoms with van der Waals surface area (Å²) in [5.74, 6) is 2.49. The molecule has 6 rings (SSSR count). The quantitative estimate of drug-likeness (QED) is 0.363. The number of benzene rings is 2. The lowest BCUT2D eigenvalue weighted by molar-refractivity contribution is 0.435. The van der Waals surface area contributed by atoms with Crippen molar-refractivity contribution in [2.75, 3.05) is 41.3 Å². The molecule has 1 aliphatic carbocycles. The molecule has 1 saturated heterocycles. The van der Waals surface area contributed by atoms with E-state index in [9.17, 15) is 0 Å². The summed E-state index contributed by atoms with van der Waals surface area (Å²) in [5.41, 5.74) is 4.13. The first-order valence-corrected chi connectivity index (χ1v) is 14.6. The van der Waals surface area contributed by atoms with Crippen molar-refractivity contribution in [3.63, 3.8) is 0 Å². The smallest absolute Gasteiger partial charge is 0.232 e. The Hall–Kier alpha value is -2.90. The van der Waals surface area contributed by atoms with Crippen molar-refractivity contribution >= 4 is 46.5 Å². The van der Waals surface area contributed by atoms with Crippen molar-refractivity contribution in [1.82, 2.24) is 15.3 Å². The van der Waals surface area contributed by atoms with Gasteiger partial charge < -0.3 is 20.4 Å². The van der Waals surface area contributed by atoms with Crippen LogP contribution < -0.4 is 20.4 Å². The average Bonchev–Trinajstić information content (AvgIpc) is 3.65. The second kappa shape index (κ2) is 11.1. The minimum Gasteiger partial charge on any atom is -0.361 e. The summed E-state index contributed by atoms with van der Waals surface area (Å²) >= 11 is 12.1. The van der Waals surface area contributed by atoms with E-state index in [0.717, 1.165) is 68.6 Å². The van der Waals surface area contributed by atoms with Gasteiger partial charge in [-0.1, -0.05) is 60.8 Å². The molecule has 0 spiro atoms. The Bertz CT molecular complexity index is 1300. The molecule has 2 aliphatic heterocycles. The zero-order chi connectivity index (χ0) is 26.0. The molecule has 2 N–H and O–H groups in total. The predicted octanol–water partition coefficient (Wildman–Crippen LogP) is 6.09. The van der Waals surface area contributed by atoms with Crippen LogP contribution in [0.1, 0.15) is 55.2 Å². The molecule has 0 atom stereocenters. The first kappa shape index (κ1) is 25.4. The molecular weight excluding hydrogens is 512 g/mol. The second-order valence-electron chi connectivity index (χ2n) is 10.8. The Morgan fingerprint density at radius 3 is 2.37 bits per heavy atom. The summed E-state index contributed by atoms with van der Waals surface area (Å²) in [6, 6.07) is 19.1. The zero-order valence-corrected chi connectivity index (χ0v) is 23.3. The van der Waals surface area contributed by atoms with Gasteiger partial charge in [-0.05, 0) is 73.1 Å². The number of thiocarbonyl (C=S) groups is 1. The third-order valence-electron chi connectivity index (χ3n) is 8.39. The molecule has 2 aromatic carbocycles. The van der Waals surface area contributed by atoms with Gasteiger partial charge in [-0.15, -0.1) is 0 Å². The fourth-order valence-corrected chi connectivity index (χ4v) is 6.63. The molecule has 2 fully saturated rings. The van der Waals surface area contributed by atoms with Crippen LogP contribution in [0.25, 0.3) is 0 Å². The number of nitrogens with zero attached hydrogens (tertiary/aromatic N) is 4. The van der Waals surface area contributed by atoms with Crippen LogP contribution in [-0.2, 0) is 18.4 Å². The minimum atomic E-state index is 0.0429. The number of halogens is 1. The van der Waals surface area contributed by atoms with Crippen molar-refractivity contribution in [2.45, 2.75) is 56.9 Å². The number of rotatable bonds is 6. The highest BCUT2D eigenvalue weighted by atomic mass is 35.5. The topological polar surface area (TPSA) is 56.3 Å². The fraction of sp³-hybridized carbons (Fsp3) is 0.433. The SMILES string of the molecule is S=C(NCC1(c2cccc(Cl)c2)CCCC1)Nc1nc(N2CCCC2)cc(N2CCc3ccccc3C2)n1. The van der Waals surface area contributed by atoms with E-state index in [1.165, 1.54) is 42.4 Å². The molecule has 1 saturated carbocycles. The lowest BCUT2D eigenvalue weighted by Gasteiger charge is -2.31. The van der Waals surface area contributed by atoms with Crippen LogP contribution in [0.5, 0.6) is 0 Å². The summed E-state index contributed by atoms with van der Waals surface area (Å²) in [4.78, 5) is 14.6. The monoisotopic (exact) mass is 546 g/mol. The highest BCUT2D eigenvalue weighted by Crippen LogP contribution is 2.41. The van der Waals surface area contributed by atoms with E-state index in [0.29, 0.717) is 11.1 Å². The van der Waals surface area contributed by atoms with Crippen molar-refractivity contribution in [3.8, 4) is 0 Å². The number of fused-ring (bicyclic) bond motifs is 1. The molecule has 0 unspecified atom stereocenters. The van der Waals surface area contributed by atoms with Crippen molar-refractivity contribution < 1.29 is 0 Å². The molecule has 6 nitrogen and oxygen atoms in total. The van der Waals surface area contributed by atoms with E-state index < -0.39 is 0 Å². The van der Waals surface area contributed by atoms with E-state index in [-0.39, 0.29) is 5.41 Å². The summed E-state index contributed by atoms with van der Waals surface area (Å²) in [6.45, 7) is 4.63. The third kappa shape index (κ3) is 5.45. The average molecular weight is 547 g/mol. The van der Waals surface area contributed by atoms with E-state index in [1.54, 1.807) is 0 Å². The van der Waals surface area contributed by atoms with Gasteiger partial charge in [0.05, 0.1) is 0 Å². The molecule has 0 radical (unpaired) electrons. The largest absolute Gasteiger partial charge is 0.361 e. The van der Waals surface area contributed by atoms with Crippen LogP contribution >= 0.6 is 23.8 Å². The molecule has 3 aromatic rings. The lowest BCUT2D eigenvalue weighted by atomic mass is 9.79. The molecule has 0 bridgehead atoms. The minimum absolute atomic E-state index is 0.0429. The maximum absolute atomic E-state index is 6.35. The highest BCUT2D eigenvalue weighted by molar-refractivity contribution is 7.80. The van der Waals surface area contributed by atoms with Crippen LogP contribution in [0.3, 0.4) is 0 Å². The Kier molecular flexibility index (Phi) is 7.39. The summed E-state index contributed by atoms with van der Waals surface area (Å²) in [5, 5.41) is 8.18. The number of nitrogens with one attached hydrogen (secondary N) is 2. The standard InChI is InChI=1S/C30H35ClN6S/c31-25-11-7-10-24(18-25)30(13-3-4-14-30)21-32-29(38)35-28-33-26(36-15-5-6-16-36)19-27(34-28)37-17-12-22-8-1-2-9-23(22)20-37/h1-2,7-11,18-19H,3-6,12-17,20-21H2,(H2,32,33,34,35,38). The third-order valence-corrected chi connectivity index (χ3v) is 8.88. The second-order valence-corrected chi connectivity index (χ2v) is 11.7. The van der Waals surface area contributed by atoms with E-state index >= 15 is 0 Å². The summed E-state index contributed by atoms with van der Waals surface area (Å²) in [6.07, 6.45) is 8.12. The molecule has 38 heavy (non-hydrogen) atoms. The number of hydrogen-bond donors (Lipinski definition) is 2. The molecule has 0 amide bonds. The summed E-state index contributed by atoms with van der Waals surface area (Å²) in [7, 11) is 0. The Labute approximate surface area is 235 Å². The Balaban J connectivity index is 1.20. The lowest BCUT2D eigenvalue weighted by Crippen LogP contribution is -2.41. The Morgan fingerprint density at radius 1 is 0.868 bits per heavy atom. The maximum Gasteiger partial charge on any atom is 0.232 e. The fourth-order valence-electron chi connectivity index (χ4n) is 6.27. The van der Waals surface area contributed by atoms with Gasteiger partial charge >= 0.3 is 0 Å². The van der Waals surface area contributed by atoms with Gasteiger partial charge in [-0.2, -0.15) is 9.97 Å². The molecule has 3 aliphatic rings. The molecule has 8 heteroatoms. The summed E-state index contributed by atoms with van der Waals surface area (Å²) < 4.78 is 0. The van der Waals surface area contributed by atoms with Gasteiger partial charge in [-0.25, -0.2) is 0 Å². The van der Waals surface area contributed by atoms with Gasteiger partial charge in [0.2, 0.25) is 5.95 Å². The Morgan fingerprint density at radius 2 is 1.61 bits per heavy atom. The van der Waals surface area contributed by atoms with Crippen molar-refractivity contribution in [3.05, 3.63) is 76.3 Å². The molecule has 198 valence electrons. The predicted molar refractivity (Wildman–Crippen MR) is 160 cm³/mol. The molecule has 3 heterocycles. The number of anilines is 3. The van der Waals surface area contributed by atoms with Gasteiger partial charge in [0.1, 0.15) is 11.6 Å². The van der Waals surface area contributed by atoms with Crippen molar-refractivity contribution in [1.29, 1.82) is 0 Å². The normalized spacial score (nSPS) is 18.3. The van der Waals surface area contributed by atoms with Crippen LogP contribution in [0.4, 0.5) is 17.6 Å². The van der Waals surface area contributed by atoms with Crippen molar-refractivity contribution in [2.24, 2.45) is 0 Å². The van der Waals surface area contributed by atoms with Gasteiger partial charge in [0.25, 0.3) is 0 Å². The van der Waals surface area contributed by atoms with Gasteiger partial charge in [0.15, 0.2) is 5.11 Å². The first-order chi connectivity index (χ1) is 18.6. The van der Waals surface area contributed by atoms with Crippen LogP contribution in [0.2, 0.25) is 5.02 Å². The van der Waals surface area contributed by atoms with Gasteiger partial charge in [-0.3, -0.25) is 0 Å². The van der Waals surface area contributed by atoms with Crippen LogP contribution in [0, 0.1) is 0 Å². The molecular formula is C30H35ClN6S. The van der Waals surface area contributed by atoms with Gasteiger partial charge in [0, 0.05) is 49.2 Å². The van der Waals surface area contributed by atoms with E-state index in [2.05, 4.69) is 62.9 Å². The van der Waals surface area contributed by atoms with E-state index in [1.807, 2.05) is 12.1 Å². The van der Waals surface area contributed by atoms with Crippen LogP contribution in [-0.4, -0.2) is 41.3 Å². The van der Waals surface area contributed by atoms with E-state index in [4.69, 9.17) is 33.8 Å².